The van der Waals surface area contributed by atoms with Gasteiger partial charge in [-0.2, -0.15) is 13.2 Å². The minimum absolute atomic E-state index is 0.0885. The van der Waals surface area contributed by atoms with Crippen molar-refractivity contribution in [2.24, 2.45) is 11.1 Å². The van der Waals surface area contributed by atoms with Crippen molar-refractivity contribution in [2.45, 2.75) is 25.1 Å². The predicted octanol–water partition coefficient (Wildman–Crippen LogP) is 0.924. The molecule has 2 fully saturated rings. The summed E-state index contributed by atoms with van der Waals surface area (Å²) in [7, 11) is 0. The van der Waals surface area contributed by atoms with Gasteiger partial charge in [-0.3, -0.25) is 4.90 Å². The van der Waals surface area contributed by atoms with E-state index < -0.39 is 11.7 Å². The lowest BCUT2D eigenvalue weighted by Crippen LogP contribution is -2.55. The third-order valence-electron chi connectivity index (χ3n) is 5.01. The highest BCUT2D eigenvalue weighted by molar-refractivity contribution is 5.61. The summed E-state index contributed by atoms with van der Waals surface area (Å²) in [6.45, 7) is 2.90. The number of anilines is 1. The van der Waals surface area contributed by atoms with Crippen molar-refractivity contribution in [3.63, 3.8) is 0 Å². The van der Waals surface area contributed by atoms with E-state index in [1.165, 1.54) is 0 Å². The molecule has 3 rings (SSSR count). The highest BCUT2D eigenvalue weighted by Gasteiger charge is 2.50. The molecule has 1 aromatic heterocycles. The highest BCUT2D eigenvalue weighted by Crippen LogP contribution is 2.49. The van der Waals surface area contributed by atoms with Gasteiger partial charge in [-0.1, -0.05) is 0 Å². The van der Waals surface area contributed by atoms with Crippen molar-refractivity contribution in [2.75, 3.05) is 37.6 Å². The summed E-state index contributed by atoms with van der Waals surface area (Å²) in [5.74, 6) is 0.283. The van der Waals surface area contributed by atoms with Gasteiger partial charge in [-0.15, -0.1) is 0 Å². The zero-order chi connectivity index (χ0) is 17.4. The first-order valence-corrected chi connectivity index (χ1v) is 7.93. The molecule has 132 valence electrons. The maximum absolute atomic E-state index is 12.5. The van der Waals surface area contributed by atoms with E-state index in [0.717, 1.165) is 31.5 Å². The number of rotatable bonds is 5. The average Bonchev–Trinajstić information content (AvgIpc) is 3.37. The van der Waals surface area contributed by atoms with Crippen LogP contribution in [0.5, 0.6) is 0 Å². The molecule has 0 spiro atoms. The van der Waals surface area contributed by atoms with Crippen molar-refractivity contribution < 1.29 is 18.0 Å². The molecule has 0 radical (unpaired) electrons. The molecule has 6 nitrogen and oxygen atoms in total. The lowest BCUT2D eigenvalue weighted by molar-refractivity contribution is -0.138. The van der Waals surface area contributed by atoms with Gasteiger partial charge in [0.1, 0.15) is 6.29 Å². The molecule has 0 amide bonds. The summed E-state index contributed by atoms with van der Waals surface area (Å²) in [6, 6.07) is -0.182. The van der Waals surface area contributed by atoms with Gasteiger partial charge in [0.25, 0.3) is 0 Å². The molecule has 24 heavy (non-hydrogen) atoms. The fourth-order valence-electron chi connectivity index (χ4n) is 3.23. The first-order valence-electron chi connectivity index (χ1n) is 7.93. The van der Waals surface area contributed by atoms with E-state index in [9.17, 15) is 18.0 Å². The van der Waals surface area contributed by atoms with E-state index in [1.807, 2.05) is 4.90 Å². The van der Waals surface area contributed by atoms with Crippen LogP contribution in [-0.2, 0) is 11.0 Å². The molecule has 2 heterocycles. The summed E-state index contributed by atoms with van der Waals surface area (Å²) in [4.78, 5) is 23.1. The minimum Gasteiger partial charge on any atom is -0.338 e. The Morgan fingerprint density at radius 2 is 1.79 bits per heavy atom. The van der Waals surface area contributed by atoms with Crippen molar-refractivity contribution in [3.8, 4) is 0 Å². The Bertz CT molecular complexity index is 580. The van der Waals surface area contributed by atoms with Crippen LogP contribution in [0.3, 0.4) is 0 Å². The third kappa shape index (κ3) is 3.23. The number of nitrogens with two attached hydrogens (primary N) is 1. The number of nitrogens with zero attached hydrogens (tertiary/aromatic N) is 4. The van der Waals surface area contributed by atoms with Gasteiger partial charge in [-0.25, -0.2) is 9.97 Å². The van der Waals surface area contributed by atoms with Crippen LogP contribution in [0, 0.1) is 5.41 Å². The second-order valence-electron chi connectivity index (χ2n) is 6.44. The van der Waals surface area contributed by atoms with Gasteiger partial charge >= 0.3 is 6.18 Å². The number of hydrogen-bond acceptors (Lipinski definition) is 6. The minimum atomic E-state index is -4.44. The molecule has 1 aliphatic carbocycles. The quantitative estimate of drug-likeness (QED) is 0.802. The summed E-state index contributed by atoms with van der Waals surface area (Å²) < 4.78 is 37.6. The number of halogens is 3. The zero-order valence-corrected chi connectivity index (χ0v) is 13.2. The van der Waals surface area contributed by atoms with Crippen LogP contribution in [0.15, 0.2) is 12.4 Å². The molecule has 9 heteroatoms. The molecule has 1 saturated carbocycles. The first-order chi connectivity index (χ1) is 11.4. The van der Waals surface area contributed by atoms with Crippen molar-refractivity contribution in [3.05, 3.63) is 18.0 Å². The molecular formula is C15H20F3N5O. The molecule has 1 saturated heterocycles. The number of alkyl halides is 3. The molecule has 0 bridgehead atoms. The van der Waals surface area contributed by atoms with Crippen molar-refractivity contribution in [1.29, 1.82) is 0 Å². The van der Waals surface area contributed by atoms with E-state index in [2.05, 4.69) is 14.9 Å². The normalized spacial score (nSPS) is 22.2. The summed E-state index contributed by atoms with van der Waals surface area (Å²) >= 11 is 0. The summed E-state index contributed by atoms with van der Waals surface area (Å²) in [6.07, 6.45) is 0.0801. The zero-order valence-electron chi connectivity index (χ0n) is 13.2. The SMILES string of the molecule is NCC1([C@@H](C=O)N2CCN(c3ncc(C(F)(F)F)cn3)CC2)CC1. The molecular weight excluding hydrogens is 323 g/mol. The number of piperazine rings is 1. The Kier molecular flexibility index (Phi) is 4.48. The molecule has 1 atom stereocenters. The van der Waals surface area contributed by atoms with E-state index in [0.29, 0.717) is 32.7 Å². The first kappa shape index (κ1) is 17.1. The Hall–Kier alpha value is -1.74. The molecule has 1 aliphatic heterocycles. The van der Waals surface area contributed by atoms with Gasteiger partial charge in [0.05, 0.1) is 11.6 Å². The molecule has 2 aliphatic rings. The standard InChI is InChI=1S/C15H20F3N5O/c16-15(17,18)11-7-20-13(21-8-11)23-5-3-22(4-6-23)12(9-24)14(10-19)1-2-14/h7-9,12H,1-6,10,19H2/t12-/m1/s1. The second kappa shape index (κ2) is 6.29. The largest absolute Gasteiger partial charge is 0.419 e. The van der Waals surface area contributed by atoms with Gasteiger partial charge < -0.3 is 15.4 Å². The second-order valence-corrected chi connectivity index (χ2v) is 6.44. The van der Waals surface area contributed by atoms with Gasteiger partial charge in [0.15, 0.2) is 0 Å². The monoisotopic (exact) mass is 343 g/mol. The van der Waals surface area contributed by atoms with Crippen LogP contribution in [0.25, 0.3) is 0 Å². The van der Waals surface area contributed by atoms with Crippen LogP contribution in [-0.4, -0.2) is 59.9 Å². The number of hydrogen-bond donors (Lipinski definition) is 1. The van der Waals surface area contributed by atoms with Crippen LogP contribution < -0.4 is 10.6 Å². The summed E-state index contributed by atoms with van der Waals surface area (Å²) in [5.41, 5.74) is 4.87. The maximum atomic E-state index is 12.5. The highest BCUT2D eigenvalue weighted by atomic mass is 19.4. The molecule has 0 aromatic carbocycles. The number of carbonyl (C=O) groups excluding carboxylic acids is 1. The van der Waals surface area contributed by atoms with Crippen LogP contribution in [0.1, 0.15) is 18.4 Å². The predicted molar refractivity (Wildman–Crippen MR) is 81.4 cm³/mol. The van der Waals surface area contributed by atoms with Crippen LogP contribution in [0.2, 0.25) is 0 Å². The Morgan fingerprint density at radius 3 is 2.21 bits per heavy atom. The van der Waals surface area contributed by atoms with Gasteiger partial charge in [0, 0.05) is 44.0 Å². The topological polar surface area (TPSA) is 75.4 Å². The van der Waals surface area contributed by atoms with Crippen LogP contribution >= 0.6 is 0 Å². The fourth-order valence-corrected chi connectivity index (χ4v) is 3.23. The van der Waals surface area contributed by atoms with E-state index >= 15 is 0 Å². The smallest absolute Gasteiger partial charge is 0.338 e. The fraction of sp³-hybridized carbons (Fsp3) is 0.667. The van der Waals surface area contributed by atoms with Crippen molar-refractivity contribution >= 4 is 12.2 Å². The Labute approximate surface area is 137 Å². The number of carbonyl (C=O) groups is 1. The lowest BCUT2D eigenvalue weighted by Gasteiger charge is -2.40. The average molecular weight is 343 g/mol. The molecule has 0 unspecified atom stereocenters. The van der Waals surface area contributed by atoms with E-state index in [-0.39, 0.29) is 17.4 Å². The number of aldehydes is 1. The van der Waals surface area contributed by atoms with E-state index in [4.69, 9.17) is 5.73 Å². The van der Waals surface area contributed by atoms with E-state index in [1.54, 1.807) is 0 Å². The molecule has 2 N–H and O–H groups in total. The van der Waals surface area contributed by atoms with Crippen LogP contribution in [0.4, 0.5) is 19.1 Å². The van der Waals surface area contributed by atoms with Gasteiger partial charge in [0.2, 0.25) is 5.95 Å². The summed E-state index contributed by atoms with van der Waals surface area (Å²) in [5, 5.41) is 0. The third-order valence-corrected chi connectivity index (χ3v) is 5.01. The molecule has 1 aromatic rings. The maximum Gasteiger partial charge on any atom is 0.419 e. The Balaban J connectivity index is 1.62. The lowest BCUT2D eigenvalue weighted by atomic mass is 9.95. The van der Waals surface area contributed by atoms with Crippen molar-refractivity contribution in [1.82, 2.24) is 14.9 Å². The number of aromatic nitrogens is 2. The van der Waals surface area contributed by atoms with Gasteiger partial charge in [-0.05, 0) is 19.4 Å². The Morgan fingerprint density at radius 1 is 1.21 bits per heavy atom.